The van der Waals surface area contributed by atoms with E-state index >= 15 is 0 Å². The minimum Gasteiger partial charge on any atom is -0.480 e. The summed E-state index contributed by atoms with van der Waals surface area (Å²) in [5.74, 6) is -0.664. The summed E-state index contributed by atoms with van der Waals surface area (Å²) in [7, 11) is 0. The van der Waals surface area contributed by atoms with E-state index in [-0.39, 0.29) is 12.5 Å². The molecule has 1 fully saturated rings. The van der Waals surface area contributed by atoms with Crippen LogP contribution in [0.5, 0.6) is 0 Å². The summed E-state index contributed by atoms with van der Waals surface area (Å²) in [5.41, 5.74) is 0. The first-order chi connectivity index (χ1) is 9.13. The predicted octanol–water partition coefficient (Wildman–Crippen LogP) is 0.422. The zero-order valence-corrected chi connectivity index (χ0v) is 11.6. The van der Waals surface area contributed by atoms with Gasteiger partial charge >= 0.3 is 5.97 Å². The van der Waals surface area contributed by atoms with Gasteiger partial charge in [-0.05, 0) is 25.9 Å². The minimum absolute atomic E-state index is 0.0551. The monoisotopic (exact) mass is 272 g/mol. The zero-order valence-electron chi connectivity index (χ0n) is 11.6. The Bertz CT molecular complexity index is 290. The van der Waals surface area contributed by atoms with Crippen molar-refractivity contribution in [3.05, 3.63) is 0 Å². The van der Waals surface area contributed by atoms with Crippen LogP contribution in [0.1, 0.15) is 26.2 Å². The quantitative estimate of drug-likeness (QED) is 0.693. The van der Waals surface area contributed by atoms with Crippen LogP contribution >= 0.6 is 0 Å². The van der Waals surface area contributed by atoms with Crippen molar-refractivity contribution < 1.29 is 19.4 Å². The summed E-state index contributed by atoms with van der Waals surface area (Å²) in [6.07, 6.45) is 2.12. The summed E-state index contributed by atoms with van der Waals surface area (Å²) in [6.45, 7) is 6.08. The Kier molecular flexibility index (Phi) is 7.43. The number of hydrogen-bond acceptors (Lipinski definition) is 4. The van der Waals surface area contributed by atoms with Crippen LogP contribution < -0.4 is 0 Å². The smallest absolute Gasteiger partial charge is 0.317 e. The molecular weight excluding hydrogens is 248 g/mol. The lowest BCUT2D eigenvalue weighted by Gasteiger charge is -2.27. The molecule has 1 aliphatic heterocycles. The average molecular weight is 272 g/mol. The summed E-state index contributed by atoms with van der Waals surface area (Å²) in [5, 5.41) is 8.79. The fourth-order valence-electron chi connectivity index (χ4n) is 2.20. The number of morpholine rings is 1. The highest BCUT2D eigenvalue weighted by Crippen LogP contribution is 2.04. The number of nitrogens with zero attached hydrogens (tertiary/aromatic N) is 2. The Morgan fingerprint density at radius 3 is 2.53 bits per heavy atom. The molecule has 0 aromatic carbocycles. The van der Waals surface area contributed by atoms with Gasteiger partial charge in [0.25, 0.3) is 0 Å². The predicted molar refractivity (Wildman–Crippen MR) is 71.0 cm³/mol. The second-order valence-electron chi connectivity index (χ2n) is 4.77. The van der Waals surface area contributed by atoms with Crippen LogP contribution in [0.15, 0.2) is 0 Å². The Morgan fingerprint density at radius 2 is 1.95 bits per heavy atom. The maximum atomic E-state index is 11.9. The van der Waals surface area contributed by atoms with Gasteiger partial charge in [-0.2, -0.15) is 0 Å². The summed E-state index contributed by atoms with van der Waals surface area (Å²) >= 11 is 0. The number of amides is 1. The van der Waals surface area contributed by atoms with Gasteiger partial charge in [0.1, 0.15) is 0 Å². The van der Waals surface area contributed by atoms with Crippen LogP contribution in [0.3, 0.4) is 0 Å². The Morgan fingerprint density at radius 1 is 1.26 bits per heavy atom. The molecule has 0 aliphatic carbocycles. The van der Waals surface area contributed by atoms with Gasteiger partial charge in [-0.25, -0.2) is 0 Å². The molecule has 6 nitrogen and oxygen atoms in total. The van der Waals surface area contributed by atoms with Crippen molar-refractivity contribution in [2.75, 3.05) is 45.9 Å². The number of carboxylic acid groups (broad SMARTS) is 1. The lowest BCUT2D eigenvalue weighted by molar-refractivity contribution is -0.138. The number of carbonyl (C=O) groups excluding carboxylic acids is 1. The van der Waals surface area contributed by atoms with Gasteiger partial charge in [-0.15, -0.1) is 0 Å². The standard InChI is InChI=1S/C13H24N2O4/c1-2-5-14(11-13(17)18)6-3-4-12(16)15-7-9-19-10-8-15/h2-11H2,1H3,(H,17,18). The van der Waals surface area contributed by atoms with Crippen molar-refractivity contribution >= 4 is 11.9 Å². The van der Waals surface area contributed by atoms with Crippen LogP contribution in [0.4, 0.5) is 0 Å². The SMILES string of the molecule is CCCN(CCCC(=O)N1CCOCC1)CC(=O)O. The van der Waals surface area contributed by atoms with Crippen LogP contribution in [0.25, 0.3) is 0 Å². The highest BCUT2D eigenvalue weighted by Gasteiger charge is 2.17. The third-order valence-electron chi connectivity index (χ3n) is 3.13. The summed E-state index contributed by atoms with van der Waals surface area (Å²) in [6, 6.07) is 0. The molecule has 1 rings (SSSR count). The lowest BCUT2D eigenvalue weighted by atomic mass is 10.2. The number of rotatable bonds is 8. The molecule has 0 spiro atoms. The first-order valence-electron chi connectivity index (χ1n) is 6.93. The highest BCUT2D eigenvalue weighted by atomic mass is 16.5. The largest absolute Gasteiger partial charge is 0.480 e. The normalized spacial score (nSPS) is 15.8. The van der Waals surface area contributed by atoms with Crippen molar-refractivity contribution in [1.29, 1.82) is 0 Å². The zero-order chi connectivity index (χ0) is 14.1. The van der Waals surface area contributed by atoms with E-state index in [0.29, 0.717) is 45.7 Å². The van der Waals surface area contributed by atoms with E-state index in [1.807, 2.05) is 16.7 Å². The maximum absolute atomic E-state index is 11.9. The highest BCUT2D eigenvalue weighted by molar-refractivity contribution is 5.76. The van der Waals surface area contributed by atoms with Gasteiger partial charge in [0, 0.05) is 19.5 Å². The molecule has 1 N–H and O–H groups in total. The van der Waals surface area contributed by atoms with Gasteiger partial charge in [0.15, 0.2) is 0 Å². The van der Waals surface area contributed by atoms with Crippen molar-refractivity contribution in [1.82, 2.24) is 9.80 Å². The number of hydrogen-bond donors (Lipinski definition) is 1. The molecule has 19 heavy (non-hydrogen) atoms. The molecule has 6 heteroatoms. The molecule has 0 saturated carbocycles. The molecule has 1 amide bonds. The Labute approximate surface area is 114 Å². The average Bonchev–Trinajstić information content (AvgIpc) is 2.39. The van der Waals surface area contributed by atoms with Crippen LogP contribution in [-0.4, -0.2) is 72.7 Å². The van der Waals surface area contributed by atoms with Gasteiger partial charge in [-0.3, -0.25) is 14.5 Å². The molecule has 0 unspecified atom stereocenters. The minimum atomic E-state index is -0.812. The number of aliphatic carboxylic acids is 1. The van der Waals surface area contributed by atoms with Crippen molar-refractivity contribution in [3.8, 4) is 0 Å². The Balaban J connectivity index is 2.22. The molecule has 1 saturated heterocycles. The molecule has 1 aliphatic rings. The first-order valence-corrected chi connectivity index (χ1v) is 6.93. The molecule has 0 bridgehead atoms. The number of carbonyl (C=O) groups is 2. The van der Waals surface area contributed by atoms with E-state index in [1.54, 1.807) is 0 Å². The molecule has 110 valence electrons. The van der Waals surface area contributed by atoms with Crippen LogP contribution in [-0.2, 0) is 14.3 Å². The summed E-state index contributed by atoms with van der Waals surface area (Å²) in [4.78, 5) is 26.3. The third kappa shape index (κ3) is 6.54. The molecule has 0 aromatic heterocycles. The second-order valence-corrected chi connectivity index (χ2v) is 4.77. The lowest BCUT2D eigenvalue weighted by Crippen LogP contribution is -2.41. The third-order valence-corrected chi connectivity index (χ3v) is 3.13. The fraction of sp³-hybridized carbons (Fsp3) is 0.846. The van der Waals surface area contributed by atoms with Crippen molar-refractivity contribution in [2.45, 2.75) is 26.2 Å². The van der Waals surface area contributed by atoms with E-state index in [1.165, 1.54) is 0 Å². The fourth-order valence-corrected chi connectivity index (χ4v) is 2.20. The molecule has 0 aromatic rings. The molecule has 1 heterocycles. The van der Waals surface area contributed by atoms with Crippen LogP contribution in [0.2, 0.25) is 0 Å². The van der Waals surface area contributed by atoms with Gasteiger partial charge in [0.05, 0.1) is 19.8 Å². The van der Waals surface area contributed by atoms with E-state index < -0.39 is 5.97 Å². The summed E-state index contributed by atoms with van der Waals surface area (Å²) < 4.78 is 5.20. The molecule has 0 radical (unpaired) electrons. The van der Waals surface area contributed by atoms with Crippen molar-refractivity contribution in [3.63, 3.8) is 0 Å². The Hall–Kier alpha value is -1.14. The van der Waals surface area contributed by atoms with E-state index in [0.717, 1.165) is 13.0 Å². The number of ether oxygens (including phenoxy) is 1. The topological polar surface area (TPSA) is 70.1 Å². The van der Waals surface area contributed by atoms with E-state index in [9.17, 15) is 9.59 Å². The van der Waals surface area contributed by atoms with Crippen LogP contribution in [0, 0.1) is 0 Å². The van der Waals surface area contributed by atoms with E-state index in [2.05, 4.69) is 0 Å². The maximum Gasteiger partial charge on any atom is 0.317 e. The first kappa shape index (κ1) is 15.9. The molecular formula is C13H24N2O4. The van der Waals surface area contributed by atoms with Gasteiger partial charge in [-0.1, -0.05) is 6.92 Å². The molecule has 0 atom stereocenters. The van der Waals surface area contributed by atoms with Crippen molar-refractivity contribution in [2.24, 2.45) is 0 Å². The van der Waals surface area contributed by atoms with E-state index in [4.69, 9.17) is 9.84 Å². The van der Waals surface area contributed by atoms with Gasteiger partial charge in [0.2, 0.25) is 5.91 Å². The van der Waals surface area contributed by atoms with Gasteiger partial charge < -0.3 is 14.7 Å². The number of carboxylic acids is 1. The second kappa shape index (κ2) is 8.87.